The van der Waals surface area contributed by atoms with Crippen molar-refractivity contribution >= 4 is 29.2 Å². The summed E-state index contributed by atoms with van der Waals surface area (Å²) >= 11 is 0. The Morgan fingerprint density at radius 3 is 2.67 bits per heavy atom. The molecule has 0 radical (unpaired) electrons. The molecule has 0 spiro atoms. The number of primary amides is 1. The van der Waals surface area contributed by atoms with Gasteiger partial charge < -0.3 is 21.3 Å². The number of aromatic nitrogens is 2. The van der Waals surface area contributed by atoms with Crippen molar-refractivity contribution in [2.24, 2.45) is 5.73 Å². The predicted molar refractivity (Wildman–Crippen MR) is 139 cm³/mol. The van der Waals surface area contributed by atoms with Crippen LogP contribution in [0.15, 0.2) is 36.4 Å². The fourth-order valence-electron chi connectivity index (χ4n) is 3.78. The molecule has 1 aromatic heterocycles. The Morgan fingerprint density at radius 2 is 2.00 bits per heavy atom. The van der Waals surface area contributed by atoms with Gasteiger partial charge >= 0.3 is 0 Å². The normalized spacial score (nSPS) is 13.3. The number of anilines is 2. The molecule has 1 aliphatic heterocycles. The van der Waals surface area contributed by atoms with Crippen LogP contribution in [0.5, 0.6) is 0 Å². The molecule has 0 bridgehead atoms. The number of hydrogen-bond donors (Lipinski definition) is 3. The van der Waals surface area contributed by atoms with Crippen molar-refractivity contribution in [3.05, 3.63) is 59.1 Å². The van der Waals surface area contributed by atoms with Crippen LogP contribution in [0.4, 0.5) is 11.5 Å². The predicted octanol–water partition coefficient (Wildman–Crippen LogP) is 1.57. The average molecular weight is 494 g/mol. The number of carbonyl (C=O) groups is 3. The fraction of sp³-hybridized carbons (Fsp3) is 0.423. The van der Waals surface area contributed by atoms with Gasteiger partial charge in [-0.15, -0.1) is 0 Å². The highest BCUT2D eigenvalue weighted by Gasteiger charge is 2.16. The van der Waals surface area contributed by atoms with Gasteiger partial charge in [-0.3, -0.25) is 19.3 Å². The molecule has 0 saturated carbocycles. The van der Waals surface area contributed by atoms with Crippen molar-refractivity contribution in [2.75, 3.05) is 45.1 Å². The zero-order valence-corrected chi connectivity index (χ0v) is 21.2. The highest BCUT2D eigenvalue weighted by Crippen LogP contribution is 2.20. The molecule has 36 heavy (non-hydrogen) atoms. The molecule has 1 saturated heterocycles. The van der Waals surface area contributed by atoms with Crippen molar-refractivity contribution < 1.29 is 14.4 Å². The summed E-state index contributed by atoms with van der Waals surface area (Å²) in [6.45, 7) is 7.12. The molecule has 3 rings (SSSR count). The van der Waals surface area contributed by atoms with E-state index in [1.165, 1.54) is 17.4 Å². The summed E-state index contributed by atoms with van der Waals surface area (Å²) in [7, 11) is 1.61. The van der Waals surface area contributed by atoms with Crippen LogP contribution in [-0.2, 0) is 22.4 Å². The average Bonchev–Trinajstić information content (AvgIpc) is 2.80. The fourth-order valence-corrected chi connectivity index (χ4v) is 3.78. The van der Waals surface area contributed by atoms with E-state index >= 15 is 0 Å². The van der Waals surface area contributed by atoms with E-state index < -0.39 is 5.91 Å². The van der Waals surface area contributed by atoms with E-state index in [0.29, 0.717) is 25.2 Å². The molecule has 2 aromatic rings. The third-order valence-corrected chi connectivity index (χ3v) is 5.99. The molecule has 4 N–H and O–H groups in total. The zero-order chi connectivity index (χ0) is 26.1. The number of hydrogen-bond acceptors (Lipinski definition) is 7. The van der Waals surface area contributed by atoms with Crippen LogP contribution < -0.4 is 16.4 Å². The molecule has 3 amide bonds. The largest absolute Gasteiger partial charge is 0.364 e. The first kappa shape index (κ1) is 26.8. The van der Waals surface area contributed by atoms with Gasteiger partial charge in [0.15, 0.2) is 11.5 Å². The van der Waals surface area contributed by atoms with Crippen LogP contribution in [0, 0.1) is 6.92 Å². The van der Waals surface area contributed by atoms with Gasteiger partial charge in [0.2, 0.25) is 11.8 Å². The molecule has 0 unspecified atom stereocenters. The number of nitrogens with one attached hydrogen (secondary N) is 2. The molecule has 1 aliphatic rings. The van der Waals surface area contributed by atoms with Crippen LogP contribution in [0.25, 0.3) is 0 Å². The second-order valence-electron chi connectivity index (χ2n) is 8.85. The van der Waals surface area contributed by atoms with E-state index in [4.69, 9.17) is 5.73 Å². The molecule has 1 aromatic carbocycles. The van der Waals surface area contributed by atoms with E-state index in [-0.39, 0.29) is 24.1 Å². The molecule has 0 atom stereocenters. The van der Waals surface area contributed by atoms with E-state index in [1.807, 2.05) is 44.2 Å². The van der Waals surface area contributed by atoms with E-state index in [0.717, 1.165) is 42.3 Å². The van der Waals surface area contributed by atoms with Crippen molar-refractivity contribution in [1.29, 1.82) is 0 Å². The number of nitrogens with two attached hydrogens (primary N) is 1. The third-order valence-electron chi connectivity index (χ3n) is 5.99. The standard InChI is InChI=1S/C26H35N7O3/c1-4-21-18(2)29-26(24(31-21)25(27)36)30-20-9-5-8-19(16-20)11-12-28-22(34)17-32(3)23(35)10-6-13-33-14-7-15-33/h5-6,8-10,16H,4,7,11-15,17H2,1-3H3,(H2,27,36)(H,28,34)(H,29,30)/b10-6+. The smallest absolute Gasteiger partial charge is 0.271 e. The van der Waals surface area contributed by atoms with Gasteiger partial charge in [-0.2, -0.15) is 0 Å². The molecule has 192 valence electrons. The maximum atomic E-state index is 12.3. The summed E-state index contributed by atoms with van der Waals surface area (Å²) in [4.78, 5) is 48.8. The van der Waals surface area contributed by atoms with Gasteiger partial charge in [-0.25, -0.2) is 9.97 Å². The molecular weight excluding hydrogens is 458 g/mol. The number of carbonyl (C=O) groups excluding carboxylic acids is 3. The van der Waals surface area contributed by atoms with Crippen molar-refractivity contribution in [1.82, 2.24) is 25.1 Å². The van der Waals surface area contributed by atoms with Gasteiger partial charge in [0.25, 0.3) is 5.91 Å². The molecule has 2 heterocycles. The van der Waals surface area contributed by atoms with Crippen molar-refractivity contribution in [3.63, 3.8) is 0 Å². The molecule has 10 nitrogen and oxygen atoms in total. The molecule has 10 heteroatoms. The number of nitrogens with zero attached hydrogens (tertiary/aromatic N) is 4. The topological polar surface area (TPSA) is 134 Å². The number of likely N-dealkylation sites (N-methyl/N-ethyl adjacent to an activating group) is 1. The Kier molecular flexibility index (Phi) is 9.52. The summed E-state index contributed by atoms with van der Waals surface area (Å²) in [5.74, 6) is -0.739. The van der Waals surface area contributed by atoms with E-state index in [2.05, 4.69) is 25.5 Å². The van der Waals surface area contributed by atoms with Crippen LogP contribution in [0.2, 0.25) is 0 Å². The van der Waals surface area contributed by atoms with Crippen molar-refractivity contribution in [2.45, 2.75) is 33.1 Å². The Bertz CT molecular complexity index is 1130. The molecule has 1 fully saturated rings. The van der Waals surface area contributed by atoms with E-state index in [9.17, 15) is 14.4 Å². The molecule has 0 aliphatic carbocycles. The van der Waals surface area contributed by atoms with Crippen LogP contribution >= 0.6 is 0 Å². The Labute approximate surface area is 212 Å². The quantitative estimate of drug-likeness (QED) is 0.382. The van der Waals surface area contributed by atoms with Gasteiger partial charge in [0.1, 0.15) is 0 Å². The minimum atomic E-state index is -0.645. The second kappa shape index (κ2) is 12.8. The summed E-state index contributed by atoms with van der Waals surface area (Å²) in [6, 6.07) is 7.60. The minimum Gasteiger partial charge on any atom is -0.364 e. The maximum absolute atomic E-state index is 12.3. The monoisotopic (exact) mass is 493 g/mol. The van der Waals surface area contributed by atoms with Gasteiger partial charge in [-0.05, 0) is 57.0 Å². The first-order valence-electron chi connectivity index (χ1n) is 12.2. The summed E-state index contributed by atoms with van der Waals surface area (Å²) in [5, 5.41) is 5.99. The maximum Gasteiger partial charge on any atom is 0.271 e. The summed E-state index contributed by atoms with van der Waals surface area (Å²) in [6.07, 6.45) is 5.82. The number of amides is 3. The zero-order valence-electron chi connectivity index (χ0n) is 21.2. The van der Waals surface area contributed by atoms with Crippen LogP contribution in [0.3, 0.4) is 0 Å². The van der Waals surface area contributed by atoms with Crippen LogP contribution in [0.1, 0.15) is 40.8 Å². The third kappa shape index (κ3) is 7.61. The van der Waals surface area contributed by atoms with E-state index in [1.54, 1.807) is 7.05 Å². The highest BCUT2D eigenvalue weighted by atomic mass is 16.2. The van der Waals surface area contributed by atoms with Crippen LogP contribution in [-0.4, -0.2) is 77.3 Å². The lowest BCUT2D eigenvalue weighted by molar-refractivity contribution is -0.131. The van der Waals surface area contributed by atoms with Gasteiger partial charge in [0.05, 0.1) is 17.9 Å². The minimum absolute atomic E-state index is 0.00382. The number of likely N-dealkylation sites (tertiary alicyclic amines) is 1. The number of rotatable bonds is 12. The summed E-state index contributed by atoms with van der Waals surface area (Å²) in [5.41, 5.74) is 8.79. The highest BCUT2D eigenvalue weighted by molar-refractivity contribution is 5.96. The van der Waals surface area contributed by atoms with Crippen molar-refractivity contribution in [3.8, 4) is 0 Å². The number of benzene rings is 1. The lowest BCUT2D eigenvalue weighted by Crippen LogP contribution is -2.39. The van der Waals surface area contributed by atoms with Gasteiger partial charge in [0, 0.05) is 31.9 Å². The molecular formula is C26H35N7O3. The Balaban J connectivity index is 1.49. The Hall–Kier alpha value is -3.79. The first-order valence-corrected chi connectivity index (χ1v) is 12.2. The Morgan fingerprint density at radius 1 is 1.22 bits per heavy atom. The van der Waals surface area contributed by atoms with Gasteiger partial charge in [-0.1, -0.05) is 25.1 Å². The lowest BCUT2D eigenvalue weighted by atomic mass is 10.1. The first-order chi connectivity index (χ1) is 17.3. The number of aryl methyl sites for hydroxylation is 2. The SMILES string of the molecule is CCc1nc(C(N)=O)c(Nc2cccc(CCNC(=O)CN(C)C(=O)/C=C/CN3CCC3)c2)nc1C. The lowest BCUT2D eigenvalue weighted by Gasteiger charge is -2.29. The summed E-state index contributed by atoms with van der Waals surface area (Å²) < 4.78 is 0. The second-order valence-corrected chi connectivity index (χ2v) is 8.85.